The van der Waals surface area contributed by atoms with Gasteiger partial charge in [-0.15, -0.1) is 0 Å². The van der Waals surface area contributed by atoms with Crippen LogP contribution in [0.2, 0.25) is 0 Å². The zero-order valence-corrected chi connectivity index (χ0v) is 24.5. The molecule has 1 unspecified atom stereocenters. The van der Waals surface area contributed by atoms with Gasteiger partial charge >= 0.3 is 18.0 Å². The van der Waals surface area contributed by atoms with Crippen LogP contribution in [0.15, 0.2) is 84.9 Å². The van der Waals surface area contributed by atoms with Crippen molar-refractivity contribution in [1.29, 1.82) is 0 Å². The summed E-state index contributed by atoms with van der Waals surface area (Å²) in [6.45, 7) is 8.68. The van der Waals surface area contributed by atoms with E-state index in [1.807, 2.05) is 113 Å². The van der Waals surface area contributed by atoms with E-state index in [0.29, 0.717) is 13.2 Å². The predicted molar refractivity (Wildman–Crippen MR) is 161 cm³/mol. The standard InChI is InChI=1S/C34H42N2O5/c1-25(2)23-36(20-19-31(37)41-24-26(3)4)33(40)35-34(32(38)39,21-27-11-7-5-8-12-27)22-28-15-17-30(18-16-28)29-13-9-6-10-14-29/h5-18,25-26H,19-24H2,1-4H3,(H,35,40)(H,38,39). The van der Waals surface area contributed by atoms with Crippen LogP contribution >= 0.6 is 0 Å². The van der Waals surface area contributed by atoms with Crippen LogP contribution in [0.25, 0.3) is 11.1 Å². The molecule has 0 aromatic heterocycles. The van der Waals surface area contributed by atoms with E-state index in [0.717, 1.165) is 22.3 Å². The number of ether oxygens (including phenoxy) is 1. The number of aliphatic carboxylic acids is 1. The fourth-order valence-corrected chi connectivity index (χ4v) is 4.65. The number of hydrogen-bond acceptors (Lipinski definition) is 4. The summed E-state index contributed by atoms with van der Waals surface area (Å²) in [5, 5.41) is 13.5. The minimum absolute atomic E-state index is 0.0343. The molecule has 0 saturated heterocycles. The van der Waals surface area contributed by atoms with Gasteiger partial charge in [0.1, 0.15) is 5.54 Å². The third-order valence-electron chi connectivity index (χ3n) is 6.71. The zero-order valence-electron chi connectivity index (χ0n) is 24.5. The fourth-order valence-electron chi connectivity index (χ4n) is 4.65. The summed E-state index contributed by atoms with van der Waals surface area (Å²) < 4.78 is 5.29. The number of nitrogens with zero attached hydrogens (tertiary/aromatic N) is 1. The summed E-state index contributed by atoms with van der Waals surface area (Å²) in [4.78, 5) is 40.5. The highest BCUT2D eigenvalue weighted by molar-refractivity contribution is 5.87. The maximum absolute atomic E-state index is 13.7. The number of carbonyl (C=O) groups is 3. The Morgan fingerprint density at radius 1 is 0.780 bits per heavy atom. The molecule has 3 aromatic rings. The maximum atomic E-state index is 13.7. The van der Waals surface area contributed by atoms with Crippen LogP contribution in [-0.4, -0.2) is 53.2 Å². The summed E-state index contributed by atoms with van der Waals surface area (Å²) >= 11 is 0. The van der Waals surface area contributed by atoms with Gasteiger partial charge in [0.15, 0.2) is 0 Å². The number of esters is 1. The van der Waals surface area contributed by atoms with Crippen molar-refractivity contribution in [3.8, 4) is 11.1 Å². The average molecular weight is 559 g/mol. The molecule has 0 saturated carbocycles. The fraction of sp³-hybridized carbons (Fsp3) is 0.382. The van der Waals surface area contributed by atoms with Gasteiger partial charge in [-0.05, 0) is 34.1 Å². The number of rotatable bonds is 14. The van der Waals surface area contributed by atoms with E-state index in [9.17, 15) is 19.5 Å². The van der Waals surface area contributed by atoms with Crippen molar-refractivity contribution >= 4 is 18.0 Å². The first-order valence-electron chi connectivity index (χ1n) is 14.2. The number of urea groups is 1. The Hall–Kier alpha value is -4.13. The van der Waals surface area contributed by atoms with Gasteiger partial charge in [0.25, 0.3) is 0 Å². The first-order chi connectivity index (χ1) is 19.6. The summed E-state index contributed by atoms with van der Waals surface area (Å²) in [6.07, 6.45) is 0.220. The molecule has 3 aromatic carbocycles. The Kier molecular flexibility index (Phi) is 11.5. The Labute approximate surface area is 243 Å². The topological polar surface area (TPSA) is 95.9 Å². The van der Waals surface area contributed by atoms with E-state index >= 15 is 0 Å². The number of amides is 2. The van der Waals surface area contributed by atoms with Gasteiger partial charge in [-0.1, -0.05) is 113 Å². The zero-order chi connectivity index (χ0) is 29.8. The van der Waals surface area contributed by atoms with Gasteiger partial charge in [0, 0.05) is 25.9 Å². The molecular weight excluding hydrogens is 516 g/mol. The molecule has 7 nitrogen and oxygen atoms in total. The molecule has 2 amide bonds. The number of benzene rings is 3. The van der Waals surface area contributed by atoms with E-state index < -0.39 is 17.5 Å². The smallest absolute Gasteiger partial charge is 0.330 e. The van der Waals surface area contributed by atoms with E-state index in [4.69, 9.17) is 4.74 Å². The lowest BCUT2D eigenvalue weighted by atomic mass is 9.84. The van der Waals surface area contributed by atoms with Crippen LogP contribution in [-0.2, 0) is 27.2 Å². The second kappa shape index (κ2) is 15.0. The molecule has 3 rings (SSSR count). The molecule has 0 spiro atoms. The van der Waals surface area contributed by atoms with Gasteiger partial charge in [-0.2, -0.15) is 0 Å². The Morgan fingerprint density at radius 3 is 1.85 bits per heavy atom. The van der Waals surface area contributed by atoms with Crippen molar-refractivity contribution in [2.45, 2.75) is 52.5 Å². The summed E-state index contributed by atoms with van der Waals surface area (Å²) in [6, 6.07) is 26.5. The number of nitrogens with one attached hydrogen (secondary N) is 1. The van der Waals surface area contributed by atoms with E-state index in [2.05, 4.69) is 5.32 Å². The van der Waals surface area contributed by atoms with Gasteiger partial charge in [-0.3, -0.25) is 4.79 Å². The highest BCUT2D eigenvalue weighted by Crippen LogP contribution is 2.24. The van der Waals surface area contributed by atoms with Gasteiger partial charge in [0.2, 0.25) is 0 Å². The van der Waals surface area contributed by atoms with E-state index in [1.165, 1.54) is 4.90 Å². The van der Waals surface area contributed by atoms with E-state index in [1.54, 1.807) is 0 Å². The summed E-state index contributed by atoms with van der Waals surface area (Å²) in [5.41, 5.74) is 2.06. The molecule has 0 fully saturated rings. The highest BCUT2D eigenvalue weighted by atomic mass is 16.5. The highest BCUT2D eigenvalue weighted by Gasteiger charge is 2.41. The number of carboxylic acids is 1. The summed E-state index contributed by atoms with van der Waals surface area (Å²) in [5.74, 6) is -1.17. The van der Waals surface area contributed by atoms with Crippen molar-refractivity contribution in [2.24, 2.45) is 11.8 Å². The normalized spacial score (nSPS) is 12.5. The quantitative estimate of drug-likeness (QED) is 0.229. The first-order valence-corrected chi connectivity index (χ1v) is 14.2. The molecule has 7 heteroatoms. The number of hydrogen-bond donors (Lipinski definition) is 2. The minimum Gasteiger partial charge on any atom is -0.479 e. The molecule has 41 heavy (non-hydrogen) atoms. The number of carbonyl (C=O) groups excluding carboxylic acids is 2. The van der Waals surface area contributed by atoms with E-state index in [-0.39, 0.29) is 43.6 Å². The Bertz CT molecular complexity index is 1260. The molecule has 1 atom stereocenters. The third-order valence-corrected chi connectivity index (χ3v) is 6.71. The third kappa shape index (κ3) is 9.78. The number of carboxylic acid groups (broad SMARTS) is 1. The molecule has 2 N–H and O–H groups in total. The predicted octanol–water partition coefficient (Wildman–Crippen LogP) is 6.22. The molecule has 0 aliphatic rings. The lowest BCUT2D eigenvalue weighted by molar-refractivity contribution is -0.146. The summed E-state index contributed by atoms with van der Waals surface area (Å²) in [7, 11) is 0. The van der Waals surface area contributed by atoms with Crippen LogP contribution in [0.5, 0.6) is 0 Å². The van der Waals surface area contributed by atoms with Crippen molar-refractivity contribution < 1.29 is 24.2 Å². The van der Waals surface area contributed by atoms with Gasteiger partial charge in [-0.25, -0.2) is 9.59 Å². The van der Waals surface area contributed by atoms with Crippen LogP contribution < -0.4 is 5.32 Å². The van der Waals surface area contributed by atoms with Crippen LogP contribution in [0, 0.1) is 11.8 Å². The molecule has 218 valence electrons. The van der Waals surface area contributed by atoms with Crippen molar-refractivity contribution in [2.75, 3.05) is 19.7 Å². The maximum Gasteiger partial charge on any atom is 0.330 e. The molecule has 0 radical (unpaired) electrons. The molecular formula is C34H42N2O5. The lowest BCUT2D eigenvalue weighted by Gasteiger charge is -2.34. The van der Waals surface area contributed by atoms with Crippen molar-refractivity contribution in [3.63, 3.8) is 0 Å². The van der Waals surface area contributed by atoms with Gasteiger partial charge in [0.05, 0.1) is 13.0 Å². The minimum atomic E-state index is -1.61. The van der Waals surface area contributed by atoms with Crippen LogP contribution in [0.3, 0.4) is 0 Å². The molecule has 0 aliphatic carbocycles. The van der Waals surface area contributed by atoms with Crippen molar-refractivity contribution in [3.05, 3.63) is 96.1 Å². The first kappa shape index (κ1) is 31.4. The molecule has 0 aliphatic heterocycles. The molecule has 0 heterocycles. The molecule has 0 bridgehead atoms. The monoisotopic (exact) mass is 558 g/mol. The lowest BCUT2D eigenvalue weighted by Crippen LogP contribution is -2.61. The van der Waals surface area contributed by atoms with Crippen LogP contribution in [0.4, 0.5) is 4.79 Å². The largest absolute Gasteiger partial charge is 0.479 e. The SMILES string of the molecule is CC(C)COC(=O)CCN(CC(C)C)C(=O)NC(Cc1ccccc1)(Cc1ccc(-c2ccccc2)cc1)C(=O)O. The van der Waals surface area contributed by atoms with Crippen LogP contribution in [0.1, 0.15) is 45.2 Å². The van der Waals surface area contributed by atoms with Gasteiger partial charge < -0.3 is 20.1 Å². The Morgan fingerprint density at radius 2 is 1.32 bits per heavy atom. The second-order valence-corrected chi connectivity index (χ2v) is 11.4. The average Bonchev–Trinajstić information content (AvgIpc) is 2.95. The second-order valence-electron chi connectivity index (χ2n) is 11.4. The Balaban J connectivity index is 1.87. The van der Waals surface area contributed by atoms with Crippen molar-refractivity contribution in [1.82, 2.24) is 10.2 Å².